The fourth-order valence-electron chi connectivity index (χ4n) is 2.00. The van der Waals surface area contributed by atoms with Crippen LogP contribution in [0.5, 0.6) is 0 Å². The van der Waals surface area contributed by atoms with Crippen molar-refractivity contribution in [2.45, 2.75) is 19.8 Å². The van der Waals surface area contributed by atoms with Crippen LogP contribution in [0, 0.1) is 12.8 Å². The van der Waals surface area contributed by atoms with Crippen LogP contribution in [0.4, 0.5) is 5.82 Å². The monoisotopic (exact) mass is 206 g/mol. The average Bonchev–Trinajstić information content (AvgIpc) is 2.29. The van der Waals surface area contributed by atoms with E-state index in [2.05, 4.69) is 14.9 Å². The molecule has 82 valence electrons. The second kappa shape index (κ2) is 4.57. The molecule has 1 aliphatic rings. The van der Waals surface area contributed by atoms with Crippen molar-refractivity contribution >= 4 is 5.82 Å². The van der Waals surface area contributed by atoms with Gasteiger partial charge in [0.25, 0.3) is 0 Å². The van der Waals surface area contributed by atoms with Crippen molar-refractivity contribution < 1.29 is 0 Å². The number of aromatic nitrogens is 2. The van der Waals surface area contributed by atoms with Crippen molar-refractivity contribution in [3.8, 4) is 0 Å². The highest BCUT2D eigenvalue weighted by Gasteiger charge is 2.18. The van der Waals surface area contributed by atoms with Gasteiger partial charge in [0.1, 0.15) is 5.82 Å². The second-order valence-corrected chi connectivity index (χ2v) is 4.18. The van der Waals surface area contributed by atoms with Gasteiger partial charge in [0.05, 0.1) is 11.9 Å². The summed E-state index contributed by atoms with van der Waals surface area (Å²) in [5, 5.41) is 0. The molecule has 2 N–H and O–H groups in total. The van der Waals surface area contributed by atoms with E-state index >= 15 is 0 Å². The molecule has 0 spiro atoms. The van der Waals surface area contributed by atoms with Crippen LogP contribution in [0.15, 0.2) is 12.4 Å². The van der Waals surface area contributed by atoms with Gasteiger partial charge in [-0.25, -0.2) is 4.98 Å². The molecule has 0 unspecified atom stereocenters. The van der Waals surface area contributed by atoms with E-state index in [9.17, 15) is 0 Å². The van der Waals surface area contributed by atoms with Crippen molar-refractivity contribution in [3.63, 3.8) is 0 Å². The standard InChI is InChI=1S/C11H18N4/c1-9-7-13-8-11(14-9)15-4-2-10(6-12)3-5-15/h7-8,10H,2-6,12H2,1H3. The van der Waals surface area contributed by atoms with Gasteiger partial charge in [-0.15, -0.1) is 0 Å². The minimum absolute atomic E-state index is 0.694. The van der Waals surface area contributed by atoms with E-state index in [4.69, 9.17) is 5.73 Å². The number of hydrogen-bond acceptors (Lipinski definition) is 4. The van der Waals surface area contributed by atoms with Crippen LogP contribution in [-0.4, -0.2) is 29.6 Å². The molecule has 1 aliphatic heterocycles. The van der Waals surface area contributed by atoms with Crippen molar-refractivity contribution in [3.05, 3.63) is 18.1 Å². The summed E-state index contributed by atoms with van der Waals surface area (Å²) in [6, 6.07) is 0. The Morgan fingerprint density at radius 1 is 1.40 bits per heavy atom. The van der Waals surface area contributed by atoms with Crippen molar-refractivity contribution in [2.75, 3.05) is 24.5 Å². The van der Waals surface area contributed by atoms with Crippen molar-refractivity contribution in [1.29, 1.82) is 0 Å². The number of nitrogens with zero attached hydrogens (tertiary/aromatic N) is 3. The Kier molecular flexibility index (Phi) is 3.16. The number of aryl methyl sites for hydroxylation is 1. The fraction of sp³-hybridized carbons (Fsp3) is 0.636. The lowest BCUT2D eigenvalue weighted by Gasteiger charge is -2.32. The summed E-state index contributed by atoms with van der Waals surface area (Å²) in [6.45, 7) is 4.90. The van der Waals surface area contributed by atoms with Crippen LogP contribution < -0.4 is 10.6 Å². The molecule has 0 radical (unpaired) electrons. The summed E-state index contributed by atoms with van der Waals surface area (Å²) in [7, 11) is 0. The third kappa shape index (κ3) is 2.45. The smallest absolute Gasteiger partial charge is 0.147 e. The molecule has 1 aromatic heterocycles. The molecule has 0 atom stereocenters. The molecule has 0 bridgehead atoms. The minimum atomic E-state index is 0.694. The second-order valence-electron chi connectivity index (χ2n) is 4.18. The molecule has 15 heavy (non-hydrogen) atoms. The van der Waals surface area contributed by atoms with Gasteiger partial charge in [-0.1, -0.05) is 0 Å². The van der Waals surface area contributed by atoms with Gasteiger partial charge >= 0.3 is 0 Å². The third-order valence-corrected chi connectivity index (χ3v) is 3.01. The molecular formula is C11H18N4. The highest BCUT2D eigenvalue weighted by Crippen LogP contribution is 2.20. The summed E-state index contributed by atoms with van der Waals surface area (Å²) in [6.07, 6.45) is 5.98. The minimum Gasteiger partial charge on any atom is -0.355 e. The maximum Gasteiger partial charge on any atom is 0.147 e. The maximum absolute atomic E-state index is 5.66. The number of piperidine rings is 1. The lowest BCUT2D eigenvalue weighted by atomic mass is 9.97. The first kappa shape index (κ1) is 10.4. The largest absolute Gasteiger partial charge is 0.355 e. The molecule has 0 aromatic carbocycles. The highest BCUT2D eigenvalue weighted by atomic mass is 15.2. The number of anilines is 1. The van der Waals surface area contributed by atoms with Crippen molar-refractivity contribution in [2.24, 2.45) is 11.7 Å². The highest BCUT2D eigenvalue weighted by molar-refractivity contribution is 5.36. The van der Waals surface area contributed by atoms with Crippen molar-refractivity contribution in [1.82, 2.24) is 9.97 Å². The SMILES string of the molecule is Cc1cncc(N2CCC(CN)CC2)n1. The van der Waals surface area contributed by atoms with Crippen LogP contribution in [0.25, 0.3) is 0 Å². The van der Waals surface area contributed by atoms with E-state index in [1.807, 2.05) is 13.1 Å². The van der Waals surface area contributed by atoms with Gasteiger partial charge in [-0.2, -0.15) is 0 Å². The topological polar surface area (TPSA) is 55.0 Å². The Hall–Kier alpha value is -1.16. The zero-order valence-electron chi connectivity index (χ0n) is 9.19. The number of hydrogen-bond donors (Lipinski definition) is 1. The summed E-state index contributed by atoms with van der Waals surface area (Å²) < 4.78 is 0. The summed E-state index contributed by atoms with van der Waals surface area (Å²) in [4.78, 5) is 10.9. The molecule has 1 aromatic rings. The average molecular weight is 206 g/mol. The third-order valence-electron chi connectivity index (χ3n) is 3.01. The Balaban J connectivity index is 2.01. The van der Waals surface area contributed by atoms with Gasteiger partial charge in [0, 0.05) is 19.3 Å². The Morgan fingerprint density at radius 3 is 2.73 bits per heavy atom. The first-order chi connectivity index (χ1) is 7.29. The predicted octanol–water partition coefficient (Wildman–Crippen LogP) is 0.960. The number of nitrogens with two attached hydrogens (primary N) is 1. The Bertz CT molecular complexity index is 318. The molecular weight excluding hydrogens is 188 g/mol. The quantitative estimate of drug-likeness (QED) is 0.783. The molecule has 0 aliphatic carbocycles. The lowest BCUT2D eigenvalue weighted by molar-refractivity contribution is 0.413. The normalized spacial score (nSPS) is 18.1. The van der Waals surface area contributed by atoms with Crippen LogP contribution in [0.3, 0.4) is 0 Å². The molecule has 2 heterocycles. The molecule has 4 nitrogen and oxygen atoms in total. The van der Waals surface area contributed by atoms with Crippen LogP contribution in [0.1, 0.15) is 18.5 Å². The van der Waals surface area contributed by atoms with Gasteiger partial charge in [-0.05, 0) is 32.2 Å². The fourth-order valence-corrected chi connectivity index (χ4v) is 2.00. The van der Waals surface area contributed by atoms with Gasteiger partial charge in [0.15, 0.2) is 0 Å². The van der Waals surface area contributed by atoms with Crippen LogP contribution in [0.2, 0.25) is 0 Å². The van der Waals surface area contributed by atoms with Gasteiger partial charge in [0.2, 0.25) is 0 Å². The molecule has 1 saturated heterocycles. The number of rotatable bonds is 2. The predicted molar refractivity (Wildman–Crippen MR) is 60.8 cm³/mol. The van der Waals surface area contributed by atoms with E-state index in [1.165, 1.54) is 12.8 Å². The van der Waals surface area contributed by atoms with Gasteiger partial charge < -0.3 is 10.6 Å². The lowest BCUT2D eigenvalue weighted by Crippen LogP contribution is -2.36. The zero-order chi connectivity index (χ0) is 10.7. The molecule has 2 rings (SSSR count). The van der Waals surface area contributed by atoms with E-state index in [-0.39, 0.29) is 0 Å². The van der Waals surface area contributed by atoms with Gasteiger partial charge in [-0.3, -0.25) is 4.98 Å². The Morgan fingerprint density at radius 2 is 2.13 bits per heavy atom. The van der Waals surface area contributed by atoms with E-state index < -0.39 is 0 Å². The first-order valence-corrected chi connectivity index (χ1v) is 5.53. The van der Waals surface area contributed by atoms with Crippen LogP contribution >= 0.6 is 0 Å². The first-order valence-electron chi connectivity index (χ1n) is 5.53. The molecule has 0 saturated carbocycles. The van der Waals surface area contributed by atoms with E-state index in [0.29, 0.717) is 5.92 Å². The molecule has 1 fully saturated rings. The molecule has 0 amide bonds. The summed E-state index contributed by atoms with van der Waals surface area (Å²) in [5.74, 6) is 1.70. The summed E-state index contributed by atoms with van der Waals surface area (Å²) >= 11 is 0. The maximum atomic E-state index is 5.66. The summed E-state index contributed by atoms with van der Waals surface area (Å²) in [5.41, 5.74) is 6.65. The molecule has 4 heteroatoms. The van der Waals surface area contributed by atoms with E-state index in [0.717, 1.165) is 31.1 Å². The van der Waals surface area contributed by atoms with Crippen LogP contribution in [-0.2, 0) is 0 Å². The van der Waals surface area contributed by atoms with E-state index in [1.54, 1.807) is 6.20 Å². The Labute approximate surface area is 90.5 Å². The zero-order valence-corrected chi connectivity index (χ0v) is 9.19.